The van der Waals surface area contributed by atoms with Crippen molar-refractivity contribution in [1.29, 1.82) is 0 Å². The van der Waals surface area contributed by atoms with Gasteiger partial charge < -0.3 is 10.2 Å². The molecular weight excluding hydrogens is 315 g/mol. The highest BCUT2D eigenvalue weighted by Gasteiger charge is 2.13. The Balaban J connectivity index is 2.12. The van der Waals surface area contributed by atoms with Gasteiger partial charge in [-0.2, -0.15) is 0 Å². The molecule has 0 aromatic heterocycles. The number of hydrogen-bond acceptors (Lipinski definition) is 2. The molecular formula is C18H20ClFN2O. The van der Waals surface area contributed by atoms with Crippen LogP contribution in [0.2, 0.25) is 5.02 Å². The second-order valence-corrected chi connectivity index (χ2v) is 5.89. The molecule has 0 bridgehead atoms. The molecule has 0 aliphatic carbocycles. The highest BCUT2D eigenvalue weighted by molar-refractivity contribution is 6.34. The number of nitrogens with zero attached hydrogens (tertiary/aromatic N) is 1. The van der Waals surface area contributed by atoms with Crippen molar-refractivity contribution >= 4 is 28.9 Å². The van der Waals surface area contributed by atoms with Crippen molar-refractivity contribution in [3.63, 3.8) is 0 Å². The van der Waals surface area contributed by atoms with Crippen molar-refractivity contribution in [3.05, 3.63) is 58.4 Å². The van der Waals surface area contributed by atoms with Crippen LogP contribution >= 0.6 is 11.6 Å². The molecule has 0 spiro atoms. The fourth-order valence-electron chi connectivity index (χ4n) is 2.48. The number of aryl methyl sites for hydroxylation is 2. The fourth-order valence-corrected chi connectivity index (χ4v) is 2.85. The van der Waals surface area contributed by atoms with E-state index in [1.165, 1.54) is 12.1 Å². The number of amides is 1. The van der Waals surface area contributed by atoms with Gasteiger partial charge in [0.05, 0.1) is 17.3 Å². The van der Waals surface area contributed by atoms with Crippen LogP contribution in [0.15, 0.2) is 36.4 Å². The molecule has 2 aromatic carbocycles. The Morgan fingerprint density at radius 1 is 1.26 bits per heavy atom. The number of nitrogens with one attached hydrogen (secondary N) is 1. The molecule has 0 unspecified atom stereocenters. The van der Waals surface area contributed by atoms with Crippen molar-refractivity contribution in [2.45, 2.75) is 20.8 Å². The van der Waals surface area contributed by atoms with Gasteiger partial charge in [0.15, 0.2) is 0 Å². The zero-order valence-corrected chi connectivity index (χ0v) is 14.2. The van der Waals surface area contributed by atoms with Crippen molar-refractivity contribution in [2.24, 2.45) is 0 Å². The van der Waals surface area contributed by atoms with E-state index in [9.17, 15) is 9.18 Å². The summed E-state index contributed by atoms with van der Waals surface area (Å²) in [6.45, 7) is 6.50. The summed E-state index contributed by atoms with van der Waals surface area (Å²) in [6, 6.07) is 9.99. The van der Waals surface area contributed by atoms with Gasteiger partial charge in [0.1, 0.15) is 5.82 Å². The first-order valence-electron chi connectivity index (χ1n) is 7.47. The predicted molar refractivity (Wildman–Crippen MR) is 93.8 cm³/mol. The van der Waals surface area contributed by atoms with Crippen LogP contribution in [0.4, 0.5) is 15.8 Å². The number of halogens is 2. The van der Waals surface area contributed by atoms with Gasteiger partial charge in [-0.15, -0.1) is 0 Å². The summed E-state index contributed by atoms with van der Waals surface area (Å²) in [6.07, 6.45) is 0. The van der Waals surface area contributed by atoms with Crippen LogP contribution in [0.1, 0.15) is 18.1 Å². The number of hydrogen-bond donors (Lipinski definition) is 1. The molecule has 0 aliphatic heterocycles. The third kappa shape index (κ3) is 4.45. The minimum absolute atomic E-state index is 0.129. The molecule has 0 saturated heterocycles. The highest BCUT2D eigenvalue weighted by Crippen LogP contribution is 2.27. The van der Waals surface area contributed by atoms with E-state index >= 15 is 0 Å². The Hall–Kier alpha value is -2.07. The van der Waals surface area contributed by atoms with Gasteiger partial charge in [0.2, 0.25) is 5.91 Å². The smallest absolute Gasteiger partial charge is 0.243 e. The van der Waals surface area contributed by atoms with Gasteiger partial charge in [-0.3, -0.25) is 4.79 Å². The summed E-state index contributed by atoms with van der Waals surface area (Å²) in [5.41, 5.74) is 3.25. The summed E-state index contributed by atoms with van der Waals surface area (Å²) in [5, 5.41) is 3.37. The van der Waals surface area contributed by atoms with E-state index in [4.69, 9.17) is 11.6 Å². The number of rotatable bonds is 5. The van der Waals surface area contributed by atoms with Crippen LogP contribution in [0.3, 0.4) is 0 Å². The van der Waals surface area contributed by atoms with Gasteiger partial charge >= 0.3 is 0 Å². The molecule has 1 amide bonds. The van der Waals surface area contributed by atoms with Crippen LogP contribution < -0.4 is 10.2 Å². The zero-order chi connectivity index (χ0) is 17.0. The van der Waals surface area contributed by atoms with Crippen LogP contribution in [0, 0.1) is 19.7 Å². The van der Waals surface area contributed by atoms with E-state index < -0.39 is 0 Å². The fraction of sp³-hybridized carbons (Fsp3) is 0.278. The monoisotopic (exact) mass is 334 g/mol. The van der Waals surface area contributed by atoms with E-state index in [0.717, 1.165) is 11.1 Å². The first-order chi connectivity index (χ1) is 10.9. The number of benzene rings is 2. The maximum absolute atomic E-state index is 13.3. The number of likely N-dealkylation sites (N-methyl/N-ethyl adjacent to an activating group) is 1. The summed E-state index contributed by atoms with van der Waals surface area (Å²) in [7, 11) is 0. The van der Waals surface area contributed by atoms with E-state index in [0.29, 0.717) is 22.9 Å². The first kappa shape index (κ1) is 17.3. The van der Waals surface area contributed by atoms with Crippen LogP contribution in [-0.2, 0) is 4.79 Å². The largest absolute Gasteiger partial charge is 0.362 e. The lowest BCUT2D eigenvalue weighted by atomic mass is 10.1. The van der Waals surface area contributed by atoms with E-state index in [-0.39, 0.29) is 18.3 Å². The second kappa shape index (κ2) is 7.47. The lowest BCUT2D eigenvalue weighted by Gasteiger charge is -2.23. The molecule has 0 atom stereocenters. The number of anilines is 2. The van der Waals surface area contributed by atoms with Crippen molar-refractivity contribution in [3.8, 4) is 0 Å². The molecule has 1 N–H and O–H groups in total. The molecule has 2 aromatic rings. The predicted octanol–water partition coefficient (Wildman–Crippen LogP) is 4.56. The summed E-state index contributed by atoms with van der Waals surface area (Å²) < 4.78 is 13.3. The molecule has 23 heavy (non-hydrogen) atoms. The normalized spacial score (nSPS) is 10.5. The third-order valence-corrected chi connectivity index (χ3v) is 3.88. The Morgan fingerprint density at radius 3 is 2.61 bits per heavy atom. The highest BCUT2D eigenvalue weighted by atomic mass is 35.5. The van der Waals surface area contributed by atoms with Gasteiger partial charge in [0.25, 0.3) is 0 Å². The van der Waals surface area contributed by atoms with Gasteiger partial charge in [-0.25, -0.2) is 4.39 Å². The molecule has 3 nitrogen and oxygen atoms in total. The minimum atomic E-state index is -0.321. The Kier molecular flexibility index (Phi) is 5.61. The van der Waals surface area contributed by atoms with E-state index in [1.54, 1.807) is 17.0 Å². The standard InChI is InChI=1S/C18H20ClFN2O/c1-4-22(15-7-5-6-14(20)10-15)11-17(23)21-18-13(3)8-12(2)9-16(18)19/h5-10H,4,11H2,1-3H3,(H,21,23). The zero-order valence-electron chi connectivity index (χ0n) is 13.5. The van der Waals surface area contributed by atoms with Gasteiger partial charge in [0, 0.05) is 12.2 Å². The molecule has 0 radical (unpaired) electrons. The minimum Gasteiger partial charge on any atom is -0.362 e. The Morgan fingerprint density at radius 2 is 2.00 bits per heavy atom. The molecule has 0 fully saturated rings. The van der Waals surface area contributed by atoms with Gasteiger partial charge in [-0.05, 0) is 56.2 Å². The van der Waals surface area contributed by atoms with Crippen LogP contribution in [0.25, 0.3) is 0 Å². The maximum Gasteiger partial charge on any atom is 0.243 e. The molecule has 0 aliphatic rings. The van der Waals surface area contributed by atoms with Crippen molar-refractivity contribution in [2.75, 3.05) is 23.3 Å². The SMILES string of the molecule is CCN(CC(=O)Nc1c(C)cc(C)cc1Cl)c1cccc(F)c1. The quantitative estimate of drug-likeness (QED) is 0.869. The third-order valence-electron chi connectivity index (χ3n) is 3.59. The Labute approximate surface area is 141 Å². The lowest BCUT2D eigenvalue weighted by Crippen LogP contribution is -2.33. The lowest BCUT2D eigenvalue weighted by molar-refractivity contribution is -0.115. The Bertz CT molecular complexity index is 695. The summed E-state index contributed by atoms with van der Waals surface area (Å²) >= 11 is 6.21. The topological polar surface area (TPSA) is 32.3 Å². The molecule has 122 valence electrons. The van der Waals surface area contributed by atoms with Gasteiger partial charge in [-0.1, -0.05) is 23.7 Å². The number of carbonyl (C=O) groups is 1. The van der Waals surface area contributed by atoms with Crippen LogP contribution in [0.5, 0.6) is 0 Å². The molecule has 5 heteroatoms. The van der Waals surface area contributed by atoms with Crippen molar-refractivity contribution < 1.29 is 9.18 Å². The van der Waals surface area contributed by atoms with E-state index in [1.807, 2.05) is 32.9 Å². The first-order valence-corrected chi connectivity index (χ1v) is 7.85. The number of carbonyl (C=O) groups excluding carboxylic acids is 1. The van der Waals surface area contributed by atoms with Crippen LogP contribution in [-0.4, -0.2) is 19.0 Å². The average molecular weight is 335 g/mol. The second-order valence-electron chi connectivity index (χ2n) is 5.48. The summed E-state index contributed by atoms with van der Waals surface area (Å²) in [4.78, 5) is 14.1. The maximum atomic E-state index is 13.3. The van der Waals surface area contributed by atoms with E-state index in [2.05, 4.69) is 5.32 Å². The molecule has 2 rings (SSSR count). The average Bonchev–Trinajstić information content (AvgIpc) is 2.48. The molecule has 0 saturated carbocycles. The summed E-state index contributed by atoms with van der Waals surface area (Å²) in [5.74, 6) is -0.510. The molecule has 0 heterocycles. The van der Waals surface area contributed by atoms with Crippen molar-refractivity contribution in [1.82, 2.24) is 0 Å².